The van der Waals surface area contributed by atoms with E-state index in [1.165, 1.54) is 0 Å². The highest BCUT2D eigenvalue weighted by Gasteiger charge is 2.26. The van der Waals surface area contributed by atoms with Crippen LogP contribution in [0.5, 0.6) is 0 Å². The predicted molar refractivity (Wildman–Crippen MR) is 149 cm³/mol. The quantitative estimate of drug-likeness (QED) is 0.187. The van der Waals surface area contributed by atoms with Crippen LogP contribution in [0.25, 0.3) is 49.2 Å². The van der Waals surface area contributed by atoms with Crippen molar-refractivity contribution in [1.82, 2.24) is 0 Å². The Kier molecular flexibility index (Phi) is 4.21. The van der Waals surface area contributed by atoms with Crippen LogP contribution >= 0.6 is 0 Å². The van der Waals surface area contributed by atoms with Crippen LogP contribution in [0.15, 0.2) is 65.1 Å². The number of pyridine rings is 1. The maximum Gasteiger partial charge on any atom is 0.216 e. The third-order valence-electron chi connectivity index (χ3n) is 6.60. The first-order valence-corrected chi connectivity index (χ1v) is 12.0. The van der Waals surface area contributed by atoms with E-state index in [1.807, 2.05) is 55.5 Å². The number of hydrogen-bond acceptors (Lipinski definition) is 1. The highest BCUT2D eigenvalue weighted by molar-refractivity contribution is 6.12. The van der Waals surface area contributed by atoms with Crippen LogP contribution in [0.4, 0.5) is 5.69 Å². The van der Waals surface area contributed by atoms with Crippen molar-refractivity contribution in [1.29, 1.82) is 0 Å². The number of aromatic nitrogens is 1. The third kappa shape index (κ3) is 3.97. The average molecular weight is 480 g/mol. The van der Waals surface area contributed by atoms with Gasteiger partial charge in [0.25, 0.3) is 0 Å². The smallest absolute Gasteiger partial charge is 0.216 e. The Morgan fingerprint density at radius 2 is 1.83 bits per heavy atom. The second kappa shape index (κ2) is 8.64. The molecule has 0 amide bonds. The van der Waals surface area contributed by atoms with E-state index in [0.29, 0.717) is 33.8 Å². The van der Waals surface area contributed by atoms with Gasteiger partial charge in [0.05, 0.1) is 13.5 Å². The second-order valence-electron chi connectivity index (χ2n) is 10.3. The molecule has 2 aromatic heterocycles. The normalized spacial score (nSPS) is 15.0. The van der Waals surface area contributed by atoms with Gasteiger partial charge in [0.2, 0.25) is 5.69 Å². The molecule has 0 radical (unpaired) electrons. The molecule has 0 N–H and O–H groups in total. The van der Waals surface area contributed by atoms with Crippen molar-refractivity contribution in [3.8, 4) is 22.4 Å². The van der Waals surface area contributed by atoms with Crippen molar-refractivity contribution in [3.05, 3.63) is 94.4 Å². The largest absolute Gasteiger partial charge is 0.456 e. The molecule has 0 saturated heterocycles. The van der Waals surface area contributed by atoms with Gasteiger partial charge in [-0.05, 0) is 53.9 Å². The van der Waals surface area contributed by atoms with Crippen LogP contribution in [-0.2, 0) is 13.4 Å². The molecule has 0 unspecified atom stereocenters. The van der Waals surface area contributed by atoms with Crippen LogP contribution in [0, 0.1) is 32.7 Å². The number of fused-ring (bicyclic) bond motifs is 3. The van der Waals surface area contributed by atoms with Crippen LogP contribution < -0.4 is 4.57 Å². The fraction of sp³-hybridized carbons (Fsp3) is 0.273. The summed E-state index contributed by atoms with van der Waals surface area (Å²) in [5, 5.41) is 1.60. The molecule has 0 aliphatic carbocycles. The number of aryl methyl sites for hydroxylation is 1. The minimum atomic E-state index is -2.63. The minimum Gasteiger partial charge on any atom is -0.456 e. The molecule has 5 rings (SSSR count). The van der Waals surface area contributed by atoms with E-state index in [-0.39, 0.29) is 17.2 Å². The predicted octanol–water partition coefficient (Wildman–Crippen LogP) is 8.81. The topological polar surface area (TPSA) is 21.4 Å². The van der Waals surface area contributed by atoms with Gasteiger partial charge in [-0.15, -0.1) is 0 Å². The number of hydrogen-bond donors (Lipinski definition) is 0. The maximum absolute atomic E-state index is 9.40. The first-order chi connectivity index (χ1) is 19.5. The lowest BCUT2D eigenvalue weighted by molar-refractivity contribution is -0.667. The van der Waals surface area contributed by atoms with Gasteiger partial charge in [-0.2, -0.15) is 4.57 Å². The minimum absolute atomic E-state index is 0.130. The average Bonchev–Trinajstić information content (AvgIpc) is 3.27. The number of benzene rings is 3. The lowest BCUT2D eigenvalue weighted by Crippen LogP contribution is -2.36. The zero-order valence-electron chi connectivity index (χ0n) is 27.5. The van der Waals surface area contributed by atoms with Gasteiger partial charge in [-0.1, -0.05) is 69.3 Å². The Morgan fingerprint density at radius 1 is 1.08 bits per heavy atom. The maximum atomic E-state index is 9.40. The summed E-state index contributed by atoms with van der Waals surface area (Å²) >= 11 is 0. The van der Waals surface area contributed by atoms with Crippen LogP contribution in [-0.4, -0.2) is 0 Å². The van der Waals surface area contributed by atoms with Crippen molar-refractivity contribution >= 4 is 27.6 Å². The Bertz CT molecular complexity index is 1920. The van der Waals surface area contributed by atoms with Crippen molar-refractivity contribution in [2.45, 2.75) is 47.8 Å². The summed E-state index contributed by atoms with van der Waals surface area (Å²) in [5.74, 6) is 0. The summed E-state index contributed by atoms with van der Waals surface area (Å²) in [6, 6.07) is 17.1. The van der Waals surface area contributed by atoms with Gasteiger partial charge >= 0.3 is 0 Å². The molecule has 5 aromatic rings. The molecule has 180 valence electrons. The highest BCUT2D eigenvalue weighted by atomic mass is 16.3. The molecule has 0 aliphatic heterocycles. The van der Waals surface area contributed by atoms with Gasteiger partial charge in [-0.25, -0.2) is 4.85 Å². The Hall–Kier alpha value is -3.90. The monoisotopic (exact) mass is 479 g/mol. The van der Waals surface area contributed by atoms with E-state index in [4.69, 9.17) is 17.8 Å². The molecule has 2 heterocycles. The van der Waals surface area contributed by atoms with Gasteiger partial charge < -0.3 is 4.42 Å². The molecule has 0 saturated carbocycles. The standard InChI is InChI=1S/C33H33N2O/c1-20-14-15-25-27-17-26(23-12-10-9-11-13-23)28(34-7)18-30(27)36-32(25)31(20)29-16-24(19-33(4,5)6)21(2)22(3)35(29)8/h9-18H,19H2,1-6,8H3/q+1/i2D3,16D,19D2. The Morgan fingerprint density at radius 3 is 2.50 bits per heavy atom. The van der Waals surface area contributed by atoms with Crippen LogP contribution in [0.3, 0.4) is 0 Å². The van der Waals surface area contributed by atoms with Crippen LogP contribution in [0.1, 0.15) is 51.4 Å². The Labute approximate surface area is 222 Å². The van der Waals surface area contributed by atoms with Crippen molar-refractivity contribution < 1.29 is 17.2 Å². The van der Waals surface area contributed by atoms with E-state index in [2.05, 4.69) is 4.85 Å². The molecule has 3 nitrogen and oxygen atoms in total. The van der Waals surface area contributed by atoms with Crippen molar-refractivity contribution in [3.63, 3.8) is 0 Å². The van der Waals surface area contributed by atoms with Crippen molar-refractivity contribution in [2.75, 3.05) is 0 Å². The fourth-order valence-electron chi connectivity index (χ4n) is 4.69. The molecule has 36 heavy (non-hydrogen) atoms. The summed E-state index contributed by atoms with van der Waals surface area (Å²) in [4.78, 5) is 3.76. The van der Waals surface area contributed by atoms with E-state index in [9.17, 15) is 1.37 Å². The summed E-state index contributed by atoms with van der Waals surface area (Å²) in [6.45, 7) is 13.9. The molecule has 0 atom stereocenters. The van der Waals surface area contributed by atoms with Crippen molar-refractivity contribution in [2.24, 2.45) is 12.5 Å². The summed E-state index contributed by atoms with van der Waals surface area (Å²) < 4.78 is 60.6. The summed E-state index contributed by atoms with van der Waals surface area (Å²) in [6.07, 6.45) is -2.13. The molecule has 3 heteroatoms. The van der Waals surface area contributed by atoms with Gasteiger partial charge in [0.15, 0.2) is 11.4 Å². The van der Waals surface area contributed by atoms with Crippen LogP contribution in [0.2, 0.25) is 0 Å². The Balaban J connectivity index is 1.93. The first-order valence-electron chi connectivity index (χ1n) is 15.0. The third-order valence-corrected chi connectivity index (χ3v) is 6.60. The highest BCUT2D eigenvalue weighted by Crippen LogP contribution is 2.42. The molecule has 0 fully saturated rings. The van der Waals surface area contributed by atoms with E-state index in [0.717, 1.165) is 27.5 Å². The summed E-state index contributed by atoms with van der Waals surface area (Å²) in [7, 11) is 1.71. The zero-order chi connectivity index (χ0) is 30.9. The lowest BCUT2D eigenvalue weighted by atomic mass is 9.85. The van der Waals surface area contributed by atoms with Gasteiger partial charge in [0.1, 0.15) is 18.2 Å². The number of rotatable bonds is 3. The number of nitrogens with zero attached hydrogens (tertiary/aromatic N) is 2. The van der Waals surface area contributed by atoms with E-state index >= 15 is 0 Å². The molecule has 3 aromatic carbocycles. The zero-order valence-corrected chi connectivity index (χ0v) is 21.5. The molecular formula is C33H33N2O+. The molecule has 0 bridgehead atoms. The van der Waals surface area contributed by atoms with E-state index in [1.54, 1.807) is 45.4 Å². The molecule has 0 spiro atoms. The fourth-order valence-corrected chi connectivity index (χ4v) is 4.69. The number of furan rings is 1. The van der Waals surface area contributed by atoms with Gasteiger partial charge in [-0.3, -0.25) is 0 Å². The molecule has 0 aliphatic rings. The van der Waals surface area contributed by atoms with E-state index < -0.39 is 18.6 Å². The second-order valence-corrected chi connectivity index (χ2v) is 10.3. The summed E-state index contributed by atoms with van der Waals surface area (Å²) in [5.41, 5.74) is 4.04. The first kappa shape index (κ1) is 17.5. The molecular weight excluding hydrogens is 440 g/mol. The SMILES string of the molecule is [2H]c1c(C([2H])([2H])C(C)(C)C)c(C([2H])([2H])[2H])c(C)[n+](C)c1-c1c(C)ccc2c1oc1cc([N+]#[C-])c(-c3ccccc3)cc12. The van der Waals surface area contributed by atoms with Gasteiger partial charge in [0, 0.05) is 36.2 Å². The lowest BCUT2D eigenvalue weighted by Gasteiger charge is -2.20.